The summed E-state index contributed by atoms with van der Waals surface area (Å²) in [4.78, 5) is 11.1. The highest BCUT2D eigenvalue weighted by Crippen LogP contribution is 1.92. The summed E-state index contributed by atoms with van der Waals surface area (Å²) in [7, 11) is 0. The molecule has 12 heavy (non-hydrogen) atoms. The number of hydrogen-bond donors (Lipinski definition) is 0. The van der Waals surface area contributed by atoms with Crippen molar-refractivity contribution in [3.05, 3.63) is 12.2 Å². The molecule has 0 rings (SSSR count). The van der Waals surface area contributed by atoms with Gasteiger partial charge in [-0.25, -0.2) is 0 Å². The van der Waals surface area contributed by atoms with E-state index in [1.54, 1.807) is 12.2 Å². The van der Waals surface area contributed by atoms with E-state index < -0.39 is 19.7 Å². The second kappa shape index (κ2) is 8.31. The SMILES string of the molecule is [2H]C([2H])([2H])CC/C=C/COC(=O)CCC([2H])([2H])[2H]. The lowest BCUT2D eigenvalue weighted by Crippen LogP contribution is -2.02. The summed E-state index contributed by atoms with van der Waals surface area (Å²) in [5, 5.41) is 0. The predicted molar refractivity (Wildman–Crippen MR) is 49.9 cm³/mol. The number of ether oxygens (including phenoxy) is 1. The summed E-state index contributed by atoms with van der Waals surface area (Å²) >= 11 is 0. The number of carbonyl (C=O) groups is 1. The van der Waals surface area contributed by atoms with Crippen molar-refractivity contribution in [3.63, 3.8) is 0 Å². The number of allylic oxidation sites excluding steroid dienone is 1. The molecular weight excluding hydrogens is 152 g/mol. The predicted octanol–water partition coefficient (Wildman–Crippen LogP) is 2.69. The summed E-state index contributed by atoms with van der Waals surface area (Å²) < 4.78 is 46.3. The summed E-state index contributed by atoms with van der Waals surface area (Å²) in [6, 6.07) is 0. The first-order chi connectivity index (χ1) is 8.10. The highest BCUT2D eigenvalue weighted by molar-refractivity contribution is 5.69. The van der Waals surface area contributed by atoms with E-state index >= 15 is 0 Å². The van der Waals surface area contributed by atoms with Crippen LogP contribution in [0.15, 0.2) is 12.2 Å². The van der Waals surface area contributed by atoms with Gasteiger partial charge in [0.1, 0.15) is 6.61 Å². The number of hydrogen-bond acceptors (Lipinski definition) is 2. The van der Waals surface area contributed by atoms with Gasteiger partial charge in [-0.3, -0.25) is 4.79 Å². The first-order valence-corrected chi connectivity index (χ1v) is 3.91. The van der Waals surface area contributed by atoms with E-state index in [1.807, 2.05) is 0 Å². The van der Waals surface area contributed by atoms with Crippen molar-refractivity contribution >= 4 is 5.97 Å². The van der Waals surface area contributed by atoms with Crippen molar-refractivity contribution < 1.29 is 17.8 Å². The van der Waals surface area contributed by atoms with Gasteiger partial charge in [-0.2, -0.15) is 0 Å². The van der Waals surface area contributed by atoms with Gasteiger partial charge in [-0.05, 0) is 12.8 Å². The van der Waals surface area contributed by atoms with E-state index in [1.165, 1.54) is 0 Å². The van der Waals surface area contributed by atoms with Gasteiger partial charge in [0.15, 0.2) is 0 Å². The third kappa shape index (κ3) is 7.32. The molecule has 0 aromatic heterocycles. The van der Waals surface area contributed by atoms with Crippen LogP contribution in [0, 0.1) is 0 Å². The molecule has 0 amide bonds. The fourth-order valence-electron chi connectivity index (χ4n) is 0.585. The molecule has 0 aliphatic heterocycles. The van der Waals surface area contributed by atoms with Gasteiger partial charge < -0.3 is 4.74 Å². The molecule has 0 saturated heterocycles. The second-order valence-corrected chi connectivity index (χ2v) is 2.19. The van der Waals surface area contributed by atoms with Crippen LogP contribution in [0.25, 0.3) is 0 Å². The Kier molecular flexibility index (Phi) is 3.08. The highest BCUT2D eigenvalue weighted by Gasteiger charge is 1.96. The maximum atomic E-state index is 11.1. The van der Waals surface area contributed by atoms with E-state index in [2.05, 4.69) is 0 Å². The molecule has 70 valence electrons. The van der Waals surface area contributed by atoms with Gasteiger partial charge >= 0.3 is 5.97 Å². The number of rotatable bonds is 6. The molecule has 0 unspecified atom stereocenters. The van der Waals surface area contributed by atoms with Crippen molar-refractivity contribution in [1.82, 2.24) is 0 Å². The molecule has 0 saturated carbocycles. The highest BCUT2D eigenvalue weighted by atomic mass is 16.5. The Hall–Kier alpha value is -0.790. The minimum Gasteiger partial charge on any atom is -0.461 e. The second-order valence-electron chi connectivity index (χ2n) is 2.19. The normalized spacial score (nSPS) is 20.0. The van der Waals surface area contributed by atoms with Crippen LogP contribution >= 0.6 is 0 Å². The zero-order valence-electron chi connectivity index (χ0n) is 13.0. The summed E-state index contributed by atoms with van der Waals surface area (Å²) in [6.45, 7) is -4.02. The van der Waals surface area contributed by atoms with Gasteiger partial charge in [-0.15, -0.1) is 0 Å². The van der Waals surface area contributed by atoms with Crippen molar-refractivity contribution in [2.75, 3.05) is 6.61 Å². The standard InChI is InChI=1S/C10H18O2/c1-3-5-6-7-9-12-10(11)8-4-2/h6-7H,3-5,8-9H2,1-2H3/b7-6+/i1D3,2D3. The Morgan fingerprint density at radius 1 is 1.42 bits per heavy atom. The Bertz CT molecular complexity index is 279. The molecular formula is C10H18O2. The van der Waals surface area contributed by atoms with Crippen LogP contribution < -0.4 is 0 Å². The topological polar surface area (TPSA) is 26.3 Å². The van der Waals surface area contributed by atoms with E-state index in [0.717, 1.165) is 0 Å². The lowest BCUT2D eigenvalue weighted by Gasteiger charge is -1.98. The Balaban J connectivity index is 3.60. The quantitative estimate of drug-likeness (QED) is 0.459. The molecule has 0 aliphatic carbocycles. The molecule has 0 radical (unpaired) electrons. The fraction of sp³-hybridized carbons (Fsp3) is 0.700. The van der Waals surface area contributed by atoms with E-state index in [0.29, 0.717) is 6.42 Å². The molecule has 0 heterocycles. The summed E-state index contributed by atoms with van der Waals surface area (Å²) in [6.07, 6.45) is 3.32. The molecule has 2 heteroatoms. The minimum atomic E-state index is -2.12. The van der Waals surface area contributed by atoms with E-state index in [-0.39, 0.29) is 25.9 Å². The Morgan fingerprint density at radius 2 is 2.25 bits per heavy atom. The lowest BCUT2D eigenvalue weighted by atomic mass is 10.3. The maximum Gasteiger partial charge on any atom is 0.306 e. The van der Waals surface area contributed by atoms with Gasteiger partial charge in [0.05, 0.1) is 0 Å². The van der Waals surface area contributed by atoms with E-state index in [9.17, 15) is 4.79 Å². The van der Waals surface area contributed by atoms with Crippen molar-refractivity contribution in [2.45, 2.75) is 39.4 Å². The molecule has 0 aromatic rings. The monoisotopic (exact) mass is 176 g/mol. The third-order valence-electron chi connectivity index (χ3n) is 1.15. The molecule has 0 spiro atoms. The molecule has 0 atom stereocenters. The molecule has 0 fully saturated rings. The molecule has 0 aromatic carbocycles. The Morgan fingerprint density at radius 3 is 3.00 bits per heavy atom. The van der Waals surface area contributed by atoms with Crippen molar-refractivity contribution in [1.29, 1.82) is 0 Å². The average Bonchev–Trinajstić information content (AvgIpc) is 2.17. The van der Waals surface area contributed by atoms with Crippen molar-refractivity contribution in [2.24, 2.45) is 0 Å². The number of esters is 1. The van der Waals surface area contributed by atoms with Crippen molar-refractivity contribution in [3.8, 4) is 0 Å². The lowest BCUT2D eigenvalue weighted by molar-refractivity contribution is -0.142. The smallest absolute Gasteiger partial charge is 0.306 e. The van der Waals surface area contributed by atoms with Crippen LogP contribution in [0.5, 0.6) is 0 Å². The molecule has 0 bridgehead atoms. The molecule has 2 nitrogen and oxygen atoms in total. The van der Waals surface area contributed by atoms with Gasteiger partial charge in [-0.1, -0.05) is 32.3 Å². The number of carbonyl (C=O) groups excluding carboxylic acids is 1. The maximum absolute atomic E-state index is 11.1. The fourth-order valence-corrected chi connectivity index (χ4v) is 0.585. The first-order valence-electron chi connectivity index (χ1n) is 6.91. The van der Waals surface area contributed by atoms with E-state index in [4.69, 9.17) is 13.0 Å². The zero-order valence-corrected chi connectivity index (χ0v) is 7.01. The molecule has 0 aliphatic rings. The van der Waals surface area contributed by atoms with Gasteiger partial charge in [0.2, 0.25) is 0 Å². The minimum absolute atomic E-state index is 0.0425. The van der Waals surface area contributed by atoms with Crippen LogP contribution in [0.3, 0.4) is 0 Å². The van der Waals surface area contributed by atoms with Gasteiger partial charge in [0.25, 0.3) is 0 Å². The van der Waals surface area contributed by atoms with Crippen LogP contribution in [0.1, 0.15) is 47.6 Å². The zero-order chi connectivity index (χ0) is 14.2. The average molecular weight is 176 g/mol. The molecule has 0 N–H and O–H groups in total. The summed E-state index contributed by atoms with van der Waals surface area (Å²) in [5.41, 5.74) is 0. The third-order valence-corrected chi connectivity index (χ3v) is 1.15. The van der Waals surface area contributed by atoms with Gasteiger partial charge in [0, 0.05) is 14.6 Å². The van der Waals surface area contributed by atoms with Crippen LogP contribution in [0.4, 0.5) is 0 Å². The van der Waals surface area contributed by atoms with Crippen LogP contribution in [-0.2, 0) is 9.53 Å². The summed E-state index contributed by atoms with van der Waals surface area (Å²) in [5.74, 6) is -0.563. The van der Waals surface area contributed by atoms with Crippen LogP contribution in [-0.4, -0.2) is 12.6 Å². The largest absolute Gasteiger partial charge is 0.461 e. The Labute approximate surface area is 83.0 Å². The van der Waals surface area contributed by atoms with Crippen LogP contribution in [0.2, 0.25) is 0 Å². The first kappa shape index (κ1) is 4.45.